The number of carbonyl (C=O) groups is 1. The molecule has 0 aliphatic rings. The molecule has 1 aromatic heterocycles. The zero-order valence-corrected chi connectivity index (χ0v) is 15.9. The second kappa shape index (κ2) is 9.74. The third kappa shape index (κ3) is 7.88. The maximum absolute atomic E-state index is 12.2. The molecule has 0 spiro atoms. The van der Waals surface area contributed by atoms with Crippen LogP contribution in [0.5, 0.6) is 0 Å². The van der Waals surface area contributed by atoms with Crippen LogP contribution >= 0.6 is 0 Å². The van der Waals surface area contributed by atoms with E-state index in [0.717, 1.165) is 18.4 Å². The maximum Gasteiger partial charge on any atom is 0.223 e. The van der Waals surface area contributed by atoms with Gasteiger partial charge < -0.3 is 4.90 Å². The smallest absolute Gasteiger partial charge is 0.223 e. The minimum absolute atomic E-state index is 0.0396. The van der Waals surface area contributed by atoms with Gasteiger partial charge in [0.15, 0.2) is 0 Å². The Bertz CT molecular complexity index is 603. The summed E-state index contributed by atoms with van der Waals surface area (Å²) in [6, 6.07) is 3.85. The Kier molecular flexibility index (Phi) is 8.35. The first kappa shape index (κ1) is 20.6. The second-order valence-electron chi connectivity index (χ2n) is 6.52. The summed E-state index contributed by atoms with van der Waals surface area (Å²) in [6.07, 6.45) is 6.42. The van der Waals surface area contributed by atoms with Crippen molar-refractivity contribution in [3.8, 4) is 0 Å². The molecule has 0 aliphatic carbocycles. The van der Waals surface area contributed by atoms with Crippen molar-refractivity contribution in [3.05, 3.63) is 30.1 Å². The molecule has 0 unspecified atom stereocenters. The standard InChI is InChI=1S/C17H29N3O3S/c1-15(2)7-13-20(24(4,22)23)14-9-17(21)19(3)12-8-16-5-10-18-11-6-16/h5-6,10-11,15H,7-9,12-14H2,1-4H3. The number of likely N-dealkylation sites (N-methyl/N-ethyl adjacent to an activating group) is 1. The minimum atomic E-state index is -3.28. The third-order valence-electron chi connectivity index (χ3n) is 3.91. The summed E-state index contributed by atoms with van der Waals surface area (Å²) in [5.74, 6) is 0.384. The Morgan fingerprint density at radius 3 is 2.33 bits per heavy atom. The number of rotatable bonds is 10. The SMILES string of the molecule is CC(C)CCN(CCC(=O)N(C)CCc1ccncc1)S(C)(=O)=O. The highest BCUT2D eigenvalue weighted by atomic mass is 32.2. The van der Waals surface area contributed by atoms with E-state index in [-0.39, 0.29) is 18.9 Å². The first-order valence-electron chi connectivity index (χ1n) is 8.28. The highest BCUT2D eigenvalue weighted by Crippen LogP contribution is 2.08. The van der Waals surface area contributed by atoms with Crippen LogP contribution in [-0.2, 0) is 21.2 Å². The van der Waals surface area contributed by atoms with Crippen LogP contribution in [-0.4, -0.2) is 61.5 Å². The number of aromatic nitrogens is 1. The molecule has 1 heterocycles. The van der Waals surface area contributed by atoms with Crippen LogP contribution in [0.2, 0.25) is 0 Å². The minimum Gasteiger partial charge on any atom is -0.345 e. The van der Waals surface area contributed by atoms with Crippen molar-refractivity contribution in [1.82, 2.24) is 14.2 Å². The molecule has 0 N–H and O–H groups in total. The molecule has 0 aliphatic heterocycles. The summed E-state index contributed by atoms with van der Waals surface area (Å²) < 4.78 is 25.1. The van der Waals surface area contributed by atoms with Crippen LogP contribution in [0.4, 0.5) is 0 Å². The van der Waals surface area contributed by atoms with Gasteiger partial charge in [0.2, 0.25) is 15.9 Å². The highest BCUT2D eigenvalue weighted by Gasteiger charge is 2.19. The number of carbonyl (C=O) groups excluding carboxylic acids is 1. The molecule has 1 amide bonds. The van der Waals surface area contributed by atoms with Gasteiger partial charge in [0, 0.05) is 45.5 Å². The first-order chi connectivity index (χ1) is 11.2. The molecule has 0 radical (unpaired) electrons. The van der Waals surface area contributed by atoms with Crippen LogP contribution in [0.25, 0.3) is 0 Å². The third-order valence-corrected chi connectivity index (χ3v) is 5.21. The molecule has 7 heteroatoms. The van der Waals surface area contributed by atoms with E-state index in [1.807, 2.05) is 12.1 Å². The molecule has 0 saturated heterocycles. The zero-order chi connectivity index (χ0) is 18.2. The van der Waals surface area contributed by atoms with E-state index in [1.165, 1.54) is 10.6 Å². The Labute approximate surface area is 145 Å². The van der Waals surface area contributed by atoms with Crippen molar-refractivity contribution in [2.75, 3.05) is 32.9 Å². The molecule has 0 atom stereocenters. The van der Waals surface area contributed by atoms with Crippen LogP contribution < -0.4 is 0 Å². The second-order valence-corrected chi connectivity index (χ2v) is 8.50. The molecule has 1 aromatic rings. The Balaban J connectivity index is 2.46. The normalized spacial score (nSPS) is 11.9. The Morgan fingerprint density at radius 2 is 1.79 bits per heavy atom. The first-order valence-corrected chi connectivity index (χ1v) is 10.1. The van der Waals surface area contributed by atoms with Gasteiger partial charge in [-0.1, -0.05) is 13.8 Å². The molecule has 0 saturated carbocycles. The van der Waals surface area contributed by atoms with E-state index < -0.39 is 10.0 Å². The average molecular weight is 356 g/mol. The molecule has 0 fully saturated rings. The predicted octanol–water partition coefficient (Wildman–Crippen LogP) is 1.78. The lowest BCUT2D eigenvalue weighted by Crippen LogP contribution is -2.36. The number of hydrogen-bond donors (Lipinski definition) is 0. The van der Waals surface area contributed by atoms with Gasteiger partial charge in [-0.2, -0.15) is 0 Å². The fourth-order valence-electron chi connectivity index (χ4n) is 2.23. The van der Waals surface area contributed by atoms with Gasteiger partial charge in [0.25, 0.3) is 0 Å². The van der Waals surface area contributed by atoms with Crippen molar-refractivity contribution in [2.24, 2.45) is 5.92 Å². The van der Waals surface area contributed by atoms with Crippen LogP contribution in [0, 0.1) is 5.92 Å². The molecule has 24 heavy (non-hydrogen) atoms. The van der Waals surface area contributed by atoms with Crippen LogP contribution in [0.15, 0.2) is 24.5 Å². The lowest BCUT2D eigenvalue weighted by molar-refractivity contribution is -0.130. The van der Waals surface area contributed by atoms with Gasteiger partial charge in [-0.15, -0.1) is 0 Å². The summed E-state index contributed by atoms with van der Waals surface area (Å²) in [5.41, 5.74) is 1.12. The monoisotopic (exact) mass is 355 g/mol. The highest BCUT2D eigenvalue weighted by molar-refractivity contribution is 7.88. The van der Waals surface area contributed by atoms with Gasteiger partial charge >= 0.3 is 0 Å². The van der Waals surface area contributed by atoms with Gasteiger partial charge in [0.1, 0.15) is 0 Å². The molecule has 6 nitrogen and oxygen atoms in total. The molecular weight excluding hydrogens is 326 g/mol. The summed E-state index contributed by atoms with van der Waals surface area (Å²) >= 11 is 0. The summed E-state index contributed by atoms with van der Waals surface area (Å²) in [6.45, 7) is 5.42. The molecule has 0 bridgehead atoms. The van der Waals surface area contributed by atoms with Crippen molar-refractivity contribution in [2.45, 2.75) is 33.1 Å². The van der Waals surface area contributed by atoms with Crippen LogP contribution in [0.3, 0.4) is 0 Å². The number of pyridine rings is 1. The summed E-state index contributed by atoms with van der Waals surface area (Å²) in [4.78, 5) is 17.8. The van der Waals surface area contributed by atoms with Crippen molar-refractivity contribution >= 4 is 15.9 Å². The van der Waals surface area contributed by atoms with Crippen molar-refractivity contribution in [3.63, 3.8) is 0 Å². The Hall–Kier alpha value is -1.47. The number of amides is 1. The fraction of sp³-hybridized carbons (Fsp3) is 0.647. The fourth-order valence-corrected chi connectivity index (χ4v) is 3.09. The lowest BCUT2D eigenvalue weighted by Gasteiger charge is -2.22. The van der Waals surface area contributed by atoms with Crippen LogP contribution in [0.1, 0.15) is 32.3 Å². The van der Waals surface area contributed by atoms with E-state index in [9.17, 15) is 13.2 Å². The average Bonchev–Trinajstić information content (AvgIpc) is 2.51. The van der Waals surface area contributed by atoms with Gasteiger partial charge in [-0.25, -0.2) is 12.7 Å². The quantitative estimate of drug-likeness (QED) is 0.641. The number of nitrogens with zero attached hydrogens (tertiary/aromatic N) is 3. The van der Waals surface area contributed by atoms with Gasteiger partial charge in [-0.3, -0.25) is 9.78 Å². The largest absolute Gasteiger partial charge is 0.345 e. The molecule has 0 aromatic carbocycles. The lowest BCUT2D eigenvalue weighted by atomic mass is 10.1. The van der Waals surface area contributed by atoms with E-state index in [4.69, 9.17) is 0 Å². The van der Waals surface area contributed by atoms with Crippen molar-refractivity contribution in [1.29, 1.82) is 0 Å². The summed E-state index contributed by atoms with van der Waals surface area (Å²) in [7, 11) is -1.53. The maximum atomic E-state index is 12.2. The predicted molar refractivity (Wildman–Crippen MR) is 96.1 cm³/mol. The molecule has 136 valence electrons. The van der Waals surface area contributed by atoms with E-state index in [1.54, 1.807) is 24.3 Å². The molecule has 1 rings (SSSR count). The molecular formula is C17H29N3O3S. The van der Waals surface area contributed by atoms with Gasteiger partial charge in [0.05, 0.1) is 6.26 Å². The summed E-state index contributed by atoms with van der Waals surface area (Å²) in [5, 5.41) is 0. The Morgan fingerprint density at radius 1 is 1.17 bits per heavy atom. The van der Waals surface area contributed by atoms with E-state index in [0.29, 0.717) is 19.0 Å². The van der Waals surface area contributed by atoms with Crippen molar-refractivity contribution < 1.29 is 13.2 Å². The van der Waals surface area contributed by atoms with E-state index in [2.05, 4.69) is 18.8 Å². The van der Waals surface area contributed by atoms with E-state index >= 15 is 0 Å². The number of hydrogen-bond acceptors (Lipinski definition) is 4. The van der Waals surface area contributed by atoms with Gasteiger partial charge in [-0.05, 0) is 36.5 Å². The zero-order valence-electron chi connectivity index (χ0n) is 15.1. The number of sulfonamides is 1. The topological polar surface area (TPSA) is 70.6 Å².